The molecule has 5 nitrogen and oxygen atoms in total. The number of piperidine rings is 1. The van der Waals surface area contributed by atoms with Crippen molar-refractivity contribution >= 4 is 11.8 Å². The van der Waals surface area contributed by atoms with Crippen molar-refractivity contribution in [3.8, 4) is 0 Å². The number of carbonyl (C=O) groups is 1. The summed E-state index contributed by atoms with van der Waals surface area (Å²) in [5.74, 6) is 3.17. The summed E-state index contributed by atoms with van der Waals surface area (Å²) in [7, 11) is 2.14. The van der Waals surface area contributed by atoms with Crippen LogP contribution < -0.4 is 0 Å². The maximum Gasteiger partial charge on any atom is 0.225 e. The van der Waals surface area contributed by atoms with Gasteiger partial charge in [-0.3, -0.25) is 4.79 Å². The van der Waals surface area contributed by atoms with E-state index in [1.165, 1.54) is 0 Å². The summed E-state index contributed by atoms with van der Waals surface area (Å²) in [5, 5.41) is 0. The first-order valence-electron chi connectivity index (χ1n) is 8.97. The molecule has 2 fully saturated rings. The first-order valence-corrected chi connectivity index (χ1v) is 8.97. The molecule has 0 unspecified atom stereocenters. The maximum atomic E-state index is 12.8. The number of aliphatic imine (C=N–C) groups is 1. The third kappa shape index (κ3) is 3.09. The fraction of sp³-hybridized carbons (Fsp3) is 0.550. The standard InChI is InChI=1S/C20H23N3O2/c1-15-23(14-20(25-15)9-11-22(2)12-10-20)19(24)8-7-16-13-21-18-6-4-3-5-17(16)18/h4,6,15H,7-12,14H2,1-2H3/t15-/m1/s1. The summed E-state index contributed by atoms with van der Waals surface area (Å²) >= 11 is 0. The van der Waals surface area contributed by atoms with Crippen LogP contribution in [0.25, 0.3) is 0 Å². The molecule has 1 spiro atoms. The van der Waals surface area contributed by atoms with Gasteiger partial charge in [0.2, 0.25) is 5.91 Å². The van der Waals surface area contributed by atoms with E-state index >= 15 is 0 Å². The lowest BCUT2D eigenvalue weighted by Crippen LogP contribution is -2.46. The Balaban J connectivity index is 1.37. The van der Waals surface area contributed by atoms with E-state index in [-0.39, 0.29) is 17.7 Å². The van der Waals surface area contributed by atoms with E-state index in [1.807, 2.05) is 17.9 Å². The molecule has 4 aliphatic rings. The van der Waals surface area contributed by atoms with Crippen LogP contribution in [0.4, 0.5) is 0 Å². The fourth-order valence-corrected chi connectivity index (χ4v) is 3.94. The molecule has 0 saturated carbocycles. The van der Waals surface area contributed by atoms with Crippen molar-refractivity contribution in [1.82, 2.24) is 9.80 Å². The third-order valence-corrected chi connectivity index (χ3v) is 5.52. The van der Waals surface area contributed by atoms with Gasteiger partial charge >= 0.3 is 0 Å². The molecule has 2 saturated heterocycles. The van der Waals surface area contributed by atoms with Crippen LogP contribution in [0.3, 0.4) is 0 Å². The van der Waals surface area contributed by atoms with Crippen molar-refractivity contribution in [2.45, 2.75) is 44.4 Å². The molecule has 0 bridgehead atoms. The number of allylic oxidation sites excluding steroid dienone is 3. The van der Waals surface area contributed by atoms with Gasteiger partial charge in [-0.1, -0.05) is 11.5 Å². The van der Waals surface area contributed by atoms with Gasteiger partial charge < -0.3 is 14.5 Å². The zero-order chi connectivity index (χ0) is 17.4. The van der Waals surface area contributed by atoms with Gasteiger partial charge in [-0.15, -0.1) is 0 Å². The van der Waals surface area contributed by atoms with Gasteiger partial charge in [0.25, 0.3) is 0 Å². The number of carbonyl (C=O) groups excluding carboxylic acids is 1. The van der Waals surface area contributed by atoms with Gasteiger partial charge in [-0.05, 0) is 51.3 Å². The summed E-state index contributed by atoms with van der Waals surface area (Å²) in [4.78, 5) is 21.2. The fourth-order valence-electron chi connectivity index (χ4n) is 3.94. The number of nitrogens with zero attached hydrogens (tertiary/aromatic N) is 3. The molecule has 130 valence electrons. The second-order valence-corrected chi connectivity index (χ2v) is 7.29. The van der Waals surface area contributed by atoms with Crippen LogP contribution in [0, 0.1) is 0 Å². The molecule has 1 aliphatic carbocycles. The highest BCUT2D eigenvalue weighted by molar-refractivity contribution is 5.80. The molecule has 4 rings (SSSR count). The number of rotatable bonds is 3. The van der Waals surface area contributed by atoms with Crippen molar-refractivity contribution in [2.75, 3.05) is 26.7 Å². The zero-order valence-electron chi connectivity index (χ0n) is 14.8. The minimum absolute atomic E-state index is 0.144. The summed E-state index contributed by atoms with van der Waals surface area (Å²) < 4.78 is 6.23. The Morgan fingerprint density at radius 1 is 1.44 bits per heavy atom. The maximum absolute atomic E-state index is 12.8. The van der Waals surface area contributed by atoms with Gasteiger partial charge in [0.15, 0.2) is 0 Å². The predicted molar refractivity (Wildman–Crippen MR) is 95.1 cm³/mol. The van der Waals surface area contributed by atoms with Crippen molar-refractivity contribution in [3.05, 3.63) is 40.5 Å². The van der Waals surface area contributed by atoms with Gasteiger partial charge in [-0.2, -0.15) is 0 Å². The first kappa shape index (κ1) is 16.4. The molecule has 0 N–H and O–H groups in total. The van der Waals surface area contributed by atoms with E-state index in [4.69, 9.17) is 4.74 Å². The topological polar surface area (TPSA) is 45.1 Å². The first-order chi connectivity index (χ1) is 12.1. The van der Waals surface area contributed by atoms with Crippen LogP contribution >= 0.6 is 0 Å². The Hall–Kier alpha value is -2.12. The molecule has 1 amide bonds. The Labute approximate surface area is 148 Å². The van der Waals surface area contributed by atoms with E-state index in [2.05, 4.69) is 34.3 Å². The molecule has 1 atom stereocenters. The van der Waals surface area contributed by atoms with Crippen LogP contribution in [0.1, 0.15) is 32.6 Å². The minimum Gasteiger partial charge on any atom is -0.350 e. The van der Waals surface area contributed by atoms with E-state index in [0.29, 0.717) is 19.4 Å². The van der Waals surface area contributed by atoms with Gasteiger partial charge in [0, 0.05) is 25.1 Å². The summed E-state index contributed by atoms with van der Waals surface area (Å²) in [5.41, 5.74) is 8.62. The van der Waals surface area contributed by atoms with Gasteiger partial charge in [-0.25, -0.2) is 4.99 Å². The van der Waals surface area contributed by atoms with Crippen molar-refractivity contribution in [1.29, 1.82) is 0 Å². The lowest BCUT2D eigenvalue weighted by atomic mass is 9.91. The van der Waals surface area contributed by atoms with Gasteiger partial charge in [0.1, 0.15) is 6.23 Å². The van der Waals surface area contributed by atoms with Gasteiger partial charge in [0.05, 0.1) is 23.4 Å². The van der Waals surface area contributed by atoms with Crippen LogP contribution in [0.2, 0.25) is 0 Å². The van der Waals surface area contributed by atoms with Crippen LogP contribution in [-0.2, 0) is 9.53 Å². The highest BCUT2D eigenvalue weighted by Crippen LogP contribution is 2.35. The zero-order valence-corrected chi connectivity index (χ0v) is 14.8. The number of hydrogen-bond donors (Lipinski definition) is 0. The molecule has 3 heterocycles. The van der Waals surface area contributed by atoms with E-state index in [0.717, 1.165) is 42.8 Å². The summed E-state index contributed by atoms with van der Waals surface area (Å²) in [6.07, 6.45) is 6.61. The highest BCUT2D eigenvalue weighted by Gasteiger charge is 2.46. The molecule has 25 heavy (non-hydrogen) atoms. The minimum atomic E-state index is -0.148. The molecule has 5 heteroatoms. The second kappa shape index (κ2) is 6.31. The number of ether oxygens (including phenoxy) is 1. The van der Waals surface area contributed by atoms with E-state index < -0.39 is 0 Å². The molecule has 3 aliphatic heterocycles. The van der Waals surface area contributed by atoms with Crippen LogP contribution in [0.15, 0.2) is 45.5 Å². The Morgan fingerprint density at radius 2 is 2.24 bits per heavy atom. The lowest BCUT2D eigenvalue weighted by molar-refractivity contribution is -0.136. The molecule has 0 aromatic heterocycles. The number of amides is 1. The predicted octanol–water partition coefficient (Wildman–Crippen LogP) is 2.18. The van der Waals surface area contributed by atoms with E-state index in [9.17, 15) is 4.79 Å². The Bertz CT molecular complexity index is 795. The molecule has 0 radical (unpaired) electrons. The highest BCUT2D eigenvalue weighted by atomic mass is 16.5. The number of fused-ring (bicyclic) bond motifs is 1. The SMILES string of the molecule is C[C@H]1OC2(CCN(C)CC2)CN1C(=O)CCC1=C=NC2=CC=C=C=C12. The smallest absolute Gasteiger partial charge is 0.225 e. The summed E-state index contributed by atoms with van der Waals surface area (Å²) in [6, 6.07) is 0. The molecular formula is C20H23N3O2. The number of hydrogen-bond acceptors (Lipinski definition) is 4. The molecule has 0 aromatic carbocycles. The average Bonchev–Trinajstić information content (AvgIpc) is 3.17. The van der Waals surface area contributed by atoms with Crippen LogP contribution in [-0.4, -0.2) is 60.1 Å². The van der Waals surface area contributed by atoms with E-state index in [1.54, 1.807) is 6.08 Å². The number of likely N-dealkylation sites (tertiary alicyclic amines) is 1. The summed E-state index contributed by atoms with van der Waals surface area (Å²) in [6.45, 7) is 4.76. The average molecular weight is 337 g/mol. The molecule has 0 aromatic rings. The second-order valence-electron chi connectivity index (χ2n) is 7.29. The van der Waals surface area contributed by atoms with Crippen molar-refractivity contribution in [2.24, 2.45) is 4.99 Å². The quantitative estimate of drug-likeness (QED) is 0.742. The largest absolute Gasteiger partial charge is 0.350 e. The Kier molecular flexibility index (Phi) is 4.13. The monoisotopic (exact) mass is 337 g/mol. The lowest BCUT2D eigenvalue weighted by Gasteiger charge is -2.36. The normalized spacial score (nSPS) is 26.7. The Morgan fingerprint density at radius 3 is 3.04 bits per heavy atom. The van der Waals surface area contributed by atoms with Crippen molar-refractivity contribution in [3.63, 3.8) is 0 Å². The molecular weight excluding hydrogens is 314 g/mol. The third-order valence-electron chi connectivity index (χ3n) is 5.52. The van der Waals surface area contributed by atoms with Crippen LogP contribution in [0.5, 0.6) is 0 Å². The van der Waals surface area contributed by atoms with Crippen molar-refractivity contribution < 1.29 is 9.53 Å².